The molecular weight excluding hydrogens is 218 g/mol. The molecule has 98 valence electrons. The molecule has 2 fully saturated rings. The Morgan fingerprint density at radius 3 is 2.59 bits per heavy atom. The van der Waals surface area contributed by atoms with Crippen molar-refractivity contribution in [2.75, 3.05) is 13.2 Å². The van der Waals surface area contributed by atoms with Gasteiger partial charge in [-0.1, -0.05) is 20.8 Å². The summed E-state index contributed by atoms with van der Waals surface area (Å²) in [7, 11) is 0. The van der Waals surface area contributed by atoms with E-state index in [1.54, 1.807) is 0 Å². The van der Waals surface area contributed by atoms with Gasteiger partial charge in [0.05, 0.1) is 12.6 Å². The number of carbonyl (C=O) groups is 1. The molecule has 0 aromatic heterocycles. The van der Waals surface area contributed by atoms with E-state index in [0.717, 1.165) is 12.8 Å². The molecule has 0 aromatic carbocycles. The number of rotatable bonds is 1. The van der Waals surface area contributed by atoms with Crippen LogP contribution < -0.4 is 0 Å². The summed E-state index contributed by atoms with van der Waals surface area (Å²) in [4.78, 5) is 13.5. The molecule has 1 heterocycles. The van der Waals surface area contributed by atoms with Gasteiger partial charge in [-0.2, -0.15) is 0 Å². The van der Waals surface area contributed by atoms with Gasteiger partial charge < -0.3 is 14.7 Å². The van der Waals surface area contributed by atoms with E-state index in [4.69, 9.17) is 4.74 Å². The number of aliphatic hydroxyl groups excluding tert-OH is 1. The molecule has 3 unspecified atom stereocenters. The van der Waals surface area contributed by atoms with Gasteiger partial charge in [0, 0.05) is 6.04 Å². The van der Waals surface area contributed by atoms with Crippen LogP contribution in [0.4, 0.5) is 4.79 Å². The first-order valence-corrected chi connectivity index (χ1v) is 6.51. The Morgan fingerprint density at radius 1 is 1.35 bits per heavy atom. The van der Waals surface area contributed by atoms with E-state index in [0.29, 0.717) is 25.5 Å². The van der Waals surface area contributed by atoms with Crippen molar-refractivity contribution in [3.05, 3.63) is 0 Å². The van der Waals surface area contributed by atoms with Gasteiger partial charge in [0.1, 0.15) is 6.61 Å². The Bertz CT molecular complexity index is 298. The molecule has 17 heavy (non-hydrogen) atoms. The van der Waals surface area contributed by atoms with Crippen LogP contribution in [0.5, 0.6) is 0 Å². The van der Waals surface area contributed by atoms with Gasteiger partial charge in [0.2, 0.25) is 0 Å². The highest BCUT2D eigenvalue weighted by atomic mass is 16.6. The zero-order valence-electron chi connectivity index (χ0n) is 11.0. The van der Waals surface area contributed by atoms with Gasteiger partial charge in [0.25, 0.3) is 0 Å². The summed E-state index contributed by atoms with van der Waals surface area (Å²) in [6.45, 7) is 7.79. The average molecular weight is 241 g/mol. The molecule has 4 heteroatoms. The van der Waals surface area contributed by atoms with Crippen molar-refractivity contribution in [2.45, 2.75) is 52.2 Å². The SMILES string of the molecule is CC(C)(C)C1CCC(O)CC1N1CCOC1=O. The predicted octanol–water partition coefficient (Wildman–Crippen LogP) is 2.01. The number of amides is 1. The third-order valence-corrected chi connectivity index (χ3v) is 4.09. The fraction of sp³-hybridized carbons (Fsp3) is 0.923. The maximum absolute atomic E-state index is 11.7. The van der Waals surface area contributed by atoms with E-state index in [2.05, 4.69) is 20.8 Å². The monoisotopic (exact) mass is 241 g/mol. The van der Waals surface area contributed by atoms with Crippen molar-refractivity contribution in [3.63, 3.8) is 0 Å². The largest absolute Gasteiger partial charge is 0.448 e. The average Bonchev–Trinajstić information content (AvgIpc) is 2.62. The lowest BCUT2D eigenvalue weighted by Crippen LogP contribution is -2.50. The highest BCUT2D eigenvalue weighted by Crippen LogP contribution is 2.41. The predicted molar refractivity (Wildman–Crippen MR) is 64.6 cm³/mol. The molecule has 1 amide bonds. The van der Waals surface area contributed by atoms with Crippen LogP contribution in [0, 0.1) is 11.3 Å². The molecule has 1 aliphatic carbocycles. The van der Waals surface area contributed by atoms with Crippen molar-refractivity contribution in [1.29, 1.82) is 0 Å². The molecule has 2 rings (SSSR count). The fourth-order valence-electron chi connectivity index (χ4n) is 3.19. The number of aliphatic hydroxyl groups is 1. The first-order chi connectivity index (χ1) is 7.89. The third kappa shape index (κ3) is 2.57. The summed E-state index contributed by atoms with van der Waals surface area (Å²) < 4.78 is 5.02. The Morgan fingerprint density at radius 2 is 2.06 bits per heavy atom. The van der Waals surface area contributed by atoms with Crippen LogP contribution in [0.15, 0.2) is 0 Å². The number of nitrogens with zero attached hydrogens (tertiary/aromatic N) is 1. The van der Waals surface area contributed by atoms with E-state index < -0.39 is 0 Å². The quantitative estimate of drug-likeness (QED) is 0.764. The minimum absolute atomic E-state index is 0.133. The van der Waals surface area contributed by atoms with Gasteiger partial charge in [-0.05, 0) is 30.6 Å². The Hall–Kier alpha value is -0.770. The summed E-state index contributed by atoms with van der Waals surface area (Å²) >= 11 is 0. The molecule has 1 N–H and O–H groups in total. The minimum Gasteiger partial charge on any atom is -0.448 e. The van der Waals surface area contributed by atoms with Crippen LogP contribution in [0.25, 0.3) is 0 Å². The fourth-order valence-corrected chi connectivity index (χ4v) is 3.19. The van der Waals surface area contributed by atoms with Crippen molar-refractivity contribution in [3.8, 4) is 0 Å². The molecule has 0 spiro atoms. The smallest absolute Gasteiger partial charge is 0.410 e. The molecule has 1 aliphatic heterocycles. The molecule has 2 aliphatic rings. The van der Waals surface area contributed by atoms with Gasteiger partial charge >= 0.3 is 6.09 Å². The number of carbonyl (C=O) groups excluding carboxylic acids is 1. The molecule has 3 atom stereocenters. The molecule has 0 aromatic rings. The summed E-state index contributed by atoms with van der Waals surface area (Å²) in [6, 6.07) is 0.133. The van der Waals surface area contributed by atoms with E-state index in [-0.39, 0.29) is 23.7 Å². The zero-order chi connectivity index (χ0) is 12.6. The number of hydrogen-bond acceptors (Lipinski definition) is 3. The molecule has 1 saturated heterocycles. The highest BCUT2D eigenvalue weighted by molar-refractivity contribution is 5.69. The lowest BCUT2D eigenvalue weighted by atomic mass is 9.68. The first-order valence-electron chi connectivity index (χ1n) is 6.51. The summed E-state index contributed by atoms with van der Waals surface area (Å²) in [6.07, 6.45) is 2.04. The highest BCUT2D eigenvalue weighted by Gasteiger charge is 2.43. The van der Waals surface area contributed by atoms with Crippen molar-refractivity contribution < 1.29 is 14.6 Å². The minimum atomic E-state index is -0.271. The molecule has 0 radical (unpaired) electrons. The maximum Gasteiger partial charge on any atom is 0.410 e. The Balaban J connectivity index is 2.16. The molecular formula is C13H23NO3. The van der Waals surface area contributed by atoms with Crippen LogP contribution in [0.1, 0.15) is 40.0 Å². The van der Waals surface area contributed by atoms with E-state index >= 15 is 0 Å². The van der Waals surface area contributed by atoms with E-state index in [9.17, 15) is 9.90 Å². The van der Waals surface area contributed by atoms with E-state index in [1.165, 1.54) is 0 Å². The number of ether oxygens (including phenoxy) is 1. The molecule has 1 saturated carbocycles. The third-order valence-electron chi connectivity index (χ3n) is 4.09. The summed E-state index contributed by atoms with van der Waals surface area (Å²) in [5.41, 5.74) is 0.160. The topological polar surface area (TPSA) is 49.8 Å². The molecule has 0 bridgehead atoms. The van der Waals surface area contributed by atoms with Gasteiger partial charge in [0.15, 0.2) is 0 Å². The second-order valence-corrected chi connectivity index (χ2v) is 6.31. The maximum atomic E-state index is 11.7. The van der Waals surface area contributed by atoms with Crippen LogP contribution in [-0.4, -0.2) is 41.4 Å². The second-order valence-electron chi connectivity index (χ2n) is 6.31. The van der Waals surface area contributed by atoms with Crippen molar-refractivity contribution in [2.24, 2.45) is 11.3 Å². The van der Waals surface area contributed by atoms with Gasteiger partial charge in [-0.25, -0.2) is 4.79 Å². The number of cyclic esters (lactones) is 1. The molecule has 4 nitrogen and oxygen atoms in total. The zero-order valence-corrected chi connectivity index (χ0v) is 11.0. The summed E-state index contributed by atoms with van der Waals surface area (Å²) in [5.74, 6) is 0.441. The second kappa shape index (κ2) is 4.48. The lowest BCUT2D eigenvalue weighted by molar-refractivity contribution is 0.00697. The van der Waals surface area contributed by atoms with Gasteiger partial charge in [-0.3, -0.25) is 0 Å². The van der Waals surface area contributed by atoms with Crippen LogP contribution in [-0.2, 0) is 4.74 Å². The first kappa shape index (κ1) is 12.7. The number of hydrogen-bond donors (Lipinski definition) is 1. The lowest BCUT2D eigenvalue weighted by Gasteiger charge is -2.45. The van der Waals surface area contributed by atoms with Crippen LogP contribution >= 0.6 is 0 Å². The van der Waals surface area contributed by atoms with Crippen LogP contribution in [0.2, 0.25) is 0 Å². The Labute approximate surface area is 103 Å². The van der Waals surface area contributed by atoms with Gasteiger partial charge in [-0.15, -0.1) is 0 Å². The standard InChI is InChI=1S/C13H23NO3/c1-13(2,3)10-5-4-9(15)8-11(10)14-6-7-17-12(14)16/h9-11,15H,4-8H2,1-3H3. The van der Waals surface area contributed by atoms with E-state index in [1.807, 2.05) is 4.90 Å². The van der Waals surface area contributed by atoms with Crippen molar-refractivity contribution in [1.82, 2.24) is 4.90 Å². The normalized spacial score (nSPS) is 34.9. The Kier molecular flexibility index (Phi) is 3.34. The van der Waals surface area contributed by atoms with Crippen LogP contribution in [0.3, 0.4) is 0 Å². The van der Waals surface area contributed by atoms with Crippen molar-refractivity contribution >= 4 is 6.09 Å². The summed E-state index contributed by atoms with van der Waals surface area (Å²) in [5, 5.41) is 9.83.